The third-order valence-electron chi connectivity index (χ3n) is 2.17. The Morgan fingerprint density at radius 1 is 1.56 bits per heavy atom. The Labute approximate surface area is 109 Å². The van der Waals surface area contributed by atoms with Crippen molar-refractivity contribution in [3.05, 3.63) is 34.2 Å². The van der Waals surface area contributed by atoms with Crippen molar-refractivity contribution in [2.24, 2.45) is 0 Å². The number of pyridine rings is 1. The first-order valence-electron chi connectivity index (χ1n) is 4.48. The second kappa shape index (κ2) is 4.55. The number of ether oxygens (including phenoxy) is 1. The summed E-state index contributed by atoms with van der Waals surface area (Å²) in [4.78, 5) is 15.7. The quantitative estimate of drug-likeness (QED) is 0.619. The number of hydrogen-bond donors (Lipinski definition) is 0. The molecule has 0 aromatic carbocycles. The molecule has 0 saturated carbocycles. The molecule has 2 rings (SSSR count). The maximum Gasteiger partial charge on any atom is 0.339 e. The van der Waals surface area contributed by atoms with E-state index in [4.69, 9.17) is 0 Å². The Hall–Kier alpha value is -0.880. The second-order valence-electron chi connectivity index (χ2n) is 3.12. The Morgan fingerprint density at radius 3 is 2.94 bits per heavy atom. The smallest absolute Gasteiger partial charge is 0.339 e. The molecule has 0 spiro atoms. The van der Waals surface area contributed by atoms with Crippen molar-refractivity contribution >= 4 is 43.5 Å². The van der Waals surface area contributed by atoms with Crippen molar-refractivity contribution in [2.45, 2.75) is 5.33 Å². The monoisotopic (exact) mass is 346 g/mol. The summed E-state index contributed by atoms with van der Waals surface area (Å²) in [5, 5.41) is 0.656. The Balaban J connectivity index is 2.61. The van der Waals surface area contributed by atoms with E-state index >= 15 is 0 Å². The van der Waals surface area contributed by atoms with Crippen LogP contribution in [0.1, 0.15) is 16.1 Å². The third-order valence-corrected chi connectivity index (χ3v) is 3.54. The van der Waals surface area contributed by atoms with Crippen molar-refractivity contribution in [2.75, 3.05) is 7.11 Å². The molecule has 0 aliphatic carbocycles. The first-order chi connectivity index (χ1) is 7.67. The molecule has 2 heterocycles. The highest BCUT2D eigenvalue weighted by molar-refractivity contribution is 9.10. The van der Waals surface area contributed by atoms with Gasteiger partial charge in [-0.05, 0) is 28.1 Å². The molecule has 0 fully saturated rings. The van der Waals surface area contributed by atoms with Crippen LogP contribution in [-0.4, -0.2) is 22.5 Å². The maximum atomic E-state index is 11.4. The Kier molecular flexibility index (Phi) is 3.30. The average Bonchev–Trinajstić information content (AvgIpc) is 2.64. The highest BCUT2D eigenvalue weighted by Gasteiger charge is 2.11. The third kappa shape index (κ3) is 1.87. The van der Waals surface area contributed by atoms with E-state index in [0.29, 0.717) is 10.9 Å². The fourth-order valence-electron chi connectivity index (χ4n) is 1.39. The summed E-state index contributed by atoms with van der Waals surface area (Å²) in [6.07, 6.45) is 1.70. The van der Waals surface area contributed by atoms with Gasteiger partial charge in [-0.15, -0.1) is 0 Å². The highest BCUT2D eigenvalue weighted by Crippen LogP contribution is 2.21. The van der Waals surface area contributed by atoms with Gasteiger partial charge in [0.25, 0.3) is 0 Å². The molecule has 0 unspecified atom stereocenters. The summed E-state index contributed by atoms with van der Waals surface area (Å²) in [5.74, 6) is -0.358. The molecule has 84 valence electrons. The second-order valence-corrected chi connectivity index (χ2v) is 4.43. The molecule has 0 radical (unpaired) electrons. The molecule has 0 atom stereocenters. The first-order valence-corrected chi connectivity index (χ1v) is 6.39. The minimum Gasteiger partial charge on any atom is -0.465 e. The molecule has 16 heavy (non-hydrogen) atoms. The molecule has 4 nitrogen and oxygen atoms in total. The van der Waals surface area contributed by atoms with Gasteiger partial charge in [0.1, 0.15) is 10.3 Å². The molecule has 2 aromatic heterocycles. The molecular formula is C10H8Br2N2O2. The van der Waals surface area contributed by atoms with E-state index < -0.39 is 0 Å². The number of nitrogens with zero attached hydrogens (tertiary/aromatic N) is 2. The van der Waals surface area contributed by atoms with Crippen LogP contribution in [0.5, 0.6) is 0 Å². The molecule has 2 aromatic rings. The van der Waals surface area contributed by atoms with Gasteiger partial charge in [0.2, 0.25) is 0 Å². The van der Waals surface area contributed by atoms with Crippen LogP contribution in [0.15, 0.2) is 22.9 Å². The molecule has 6 heteroatoms. The lowest BCUT2D eigenvalue weighted by Crippen LogP contribution is -2.02. The van der Waals surface area contributed by atoms with Crippen molar-refractivity contribution < 1.29 is 9.53 Å². The van der Waals surface area contributed by atoms with Crippen LogP contribution < -0.4 is 0 Å². The van der Waals surface area contributed by atoms with E-state index in [1.165, 1.54) is 7.11 Å². The van der Waals surface area contributed by atoms with Crippen LogP contribution in [-0.2, 0) is 10.1 Å². The number of carbonyl (C=O) groups is 1. The molecule has 0 amide bonds. The zero-order valence-corrected chi connectivity index (χ0v) is 11.6. The number of esters is 1. The lowest BCUT2D eigenvalue weighted by atomic mass is 10.3. The van der Waals surface area contributed by atoms with E-state index in [1.807, 2.05) is 4.40 Å². The molecule has 0 aliphatic heterocycles. The predicted molar refractivity (Wildman–Crippen MR) is 66.9 cm³/mol. The minimum absolute atomic E-state index is 0.358. The van der Waals surface area contributed by atoms with Crippen LogP contribution in [0, 0.1) is 0 Å². The van der Waals surface area contributed by atoms with Crippen LogP contribution in [0.2, 0.25) is 0 Å². The summed E-state index contributed by atoms with van der Waals surface area (Å²) in [6, 6.07) is 3.47. The summed E-state index contributed by atoms with van der Waals surface area (Å²) >= 11 is 6.79. The fraction of sp³-hybridized carbons (Fsp3) is 0.200. The van der Waals surface area contributed by atoms with Crippen molar-refractivity contribution in [3.63, 3.8) is 0 Å². The van der Waals surface area contributed by atoms with Crippen molar-refractivity contribution in [1.82, 2.24) is 9.38 Å². The summed E-state index contributed by atoms with van der Waals surface area (Å²) < 4.78 is 7.31. The van der Waals surface area contributed by atoms with Crippen LogP contribution >= 0.6 is 31.9 Å². The minimum atomic E-state index is -0.358. The van der Waals surface area contributed by atoms with Gasteiger partial charge in [-0.25, -0.2) is 9.78 Å². The van der Waals surface area contributed by atoms with E-state index in [9.17, 15) is 4.79 Å². The molecular weight excluding hydrogens is 340 g/mol. The van der Waals surface area contributed by atoms with E-state index in [2.05, 4.69) is 41.6 Å². The maximum absolute atomic E-state index is 11.4. The van der Waals surface area contributed by atoms with Gasteiger partial charge in [-0.2, -0.15) is 0 Å². The Bertz CT molecular complexity index is 551. The van der Waals surface area contributed by atoms with Gasteiger partial charge < -0.3 is 4.74 Å². The number of alkyl halides is 1. The van der Waals surface area contributed by atoms with Crippen LogP contribution in [0.4, 0.5) is 0 Å². The molecule has 0 bridgehead atoms. The predicted octanol–water partition coefficient (Wildman–Crippen LogP) is 2.78. The zero-order valence-electron chi connectivity index (χ0n) is 8.41. The molecule has 0 N–H and O–H groups in total. The van der Waals surface area contributed by atoms with Crippen LogP contribution in [0.25, 0.3) is 5.65 Å². The number of hydrogen-bond acceptors (Lipinski definition) is 3. The average molecular weight is 348 g/mol. The topological polar surface area (TPSA) is 43.6 Å². The highest BCUT2D eigenvalue weighted by atomic mass is 79.9. The summed E-state index contributed by atoms with van der Waals surface area (Å²) in [5.41, 5.74) is 2.17. The Morgan fingerprint density at radius 2 is 2.31 bits per heavy atom. The van der Waals surface area contributed by atoms with Crippen molar-refractivity contribution in [1.29, 1.82) is 0 Å². The van der Waals surface area contributed by atoms with E-state index in [1.54, 1.807) is 18.3 Å². The molecule has 0 aliphatic rings. The SMILES string of the molecule is COC(=O)c1ccc2nc(CBr)c(Br)n2c1. The van der Waals surface area contributed by atoms with Gasteiger partial charge in [0.05, 0.1) is 18.4 Å². The van der Waals surface area contributed by atoms with Gasteiger partial charge >= 0.3 is 5.97 Å². The lowest BCUT2D eigenvalue weighted by molar-refractivity contribution is 0.0600. The normalized spacial score (nSPS) is 10.7. The number of imidazole rings is 1. The number of methoxy groups -OCH3 is 1. The number of fused-ring (bicyclic) bond motifs is 1. The number of carbonyl (C=O) groups excluding carboxylic acids is 1. The fourth-order valence-corrected chi connectivity index (χ4v) is 2.67. The summed E-state index contributed by atoms with van der Waals surface area (Å²) in [6.45, 7) is 0. The van der Waals surface area contributed by atoms with E-state index in [0.717, 1.165) is 15.9 Å². The van der Waals surface area contributed by atoms with Gasteiger partial charge in [-0.3, -0.25) is 4.40 Å². The van der Waals surface area contributed by atoms with E-state index in [-0.39, 0.29) is 5.97 Å². The summed E-state index contributed by atoms with van der Waals surface area (Å²) in [7, 11) is 1.36. The number of rotatable bonds is 2. The molecule has 0 saturated heterocycles. The van der Waals surface area contributed by atoms with Gasteiger partial charge in [-0.1, -0.05) is 15.9 Å². The number of aromatic nitrogens is 2. The lowest BCUT2D eigenvalue weighted by Gasteiger charge is -2.00. The van der Waals surface area contributed by atoms with Crippen LogP contribution in [0.3, 0.4) is 0 Å². The zero-order chi connectivity index (χ0) is 11.7. The largest absolute Gasteiger partial charge is 0.465 e. The standard InChI is InChI=1S/C10H8Br2N2O2/c1-16-10(15)6-2-3-8-13-7(4-11)9(12)14(8)5-6/h2-3,5H,4H2,1H3. The first kappa shape index (κ1) is 11.6. The van der Waals surface area contributed by atoms with Gasteiger partial charge in [0, 0.05) is 11.5 Å². The van der Waals surface area contributed by atoms with Crippen molar-refractivity contribution in [3.8, 4) is 0 Å². The van der Waals surface area contributed by atoms with Gasteiger partial charge in [0.15, 0.2) is 0 Å². The number of halogens is 2.